The van der Waals surface area contributed by atoms with Crippen molar-refractivity contribution in [2.75, 3.05) is 5.32 Å². The number of hydrogen-bond donors (Lipinski definition) is 2. The molecule has 0 unspecified atom stereocenters. The van der Waals surface area contributed by atoms with Crippen LogP contribution in [0.25, 0.3) is 0 Å². The summed E-state index contributed by atoms with van der Waals surface area (Å²) >= 11 is 6.49. The highest BCUT2D eigenvalue weighted by Crippen LogP contribution is 2.14. The van der Waals surface area contributed by atoms with E-state index >= 15 is 0 Å². The van der Waals surface area contributed by atoms with Crippen LogP contribution in [0.15, 0.2) is 39.7 Å². The molecule has 0 bridgehead atoms. The van der Waals surface area contributed by atoms with Gasteiger partial charge in [-0.1, -0.05) is 0 Å². The summed E-state index contributed by atoms with van der Waals surface area (Å²) in [7, 11) is 0. The molecule has 0 spiro atoms. The highest BCUT2D eigenvalue weighted by Gasteiger charge is 2.07. The summed E-state index contributed by atoms with van der Waals surface area (Å²) in [4.78, 5) is 18.6. The zero-order valence-electron chi connectivity index (χ0n) is 8.00. The largest absolute Gasteiger partial charge is 0.356 e. The van der Waals surface area contributed by atoms with Gasteiger partial charge in [-0.15, -0.1) is 0 Å². The lowest BCUT2D eigenvalue weighted by Crippen LogP contribution is -2.12. The predicted octanol–water partition coefficient (Wildman–Crippen LogP) is 3.19. The molecule has 2 heterocycles. The summed E-state index contributed by atoms with van der Waals surface area (Å²) in [5.41, 5.74) is 1.15. The third-order valence-electron chi connectivity index (χ3n) is 1.88. The van der Waals surface area contributed by atoms with E-state index in [0.717, 1.165) is 9.08 Å². The van der Waals surface area contributed by atoms with Crippen molar-refractivity contribution in [3.63, 3.8) is 0 Å². The Morgan fingerprint density at radius 3 is 2.75 bits per heavy atom. The van der Waals surface area contributed by atoms with Crippen molar-refractivity contribution in [2.45, 2.75) is 0 Å². The lowest BCUT2D eigenvalue weighted by molar-refractivity contribution is 0.102. The number of pyridine rings is 1. The smallest absolute Gasteiger partial charge is 0.272 e. The first-order valence-electron chi connectivity index (χ1n) is 4.42. The van der Waals surface area contributed by atoms with Crippen molar-refractivity contribution < 1.29 is 4.79 Å². The van der Waals surface area contributed by atoms with Gasteiger partial charge in [-0.2, -0.15) is 0 Å². The van der Waals surface area contributed by atoms with E-state index in [1.807, 2.05) is 0 Å². The van der Waals surface area contributed by atoms with Gasteiger partial charge in [-0.3, -0.25) is 4.79 Å². The normalized spacial score (nSPS) is 10.1. The molecule has 1 amide bonds. The average Bonchev–Trinajstić information content (AvgIpc) is 2.68. The molecular weight excluding hydrogens is 338 g/mol. The first-order chi connectivity index (χ1) is 7.65. The Labute approximate surface area is 109 Å². The van der Waals surface area contributed by atoms with E-state index in [0.29, 0.717) is 11.4 Å². The molecule has 0 aliphatic carbocycles. The van der Waals surface area contributed by atoms with Gasteiger partial charge in [0.25, 0.3) is 5.91 Å². The summed E-state index contributed by atoms with van der Waals surface area (Å²) in [6.07, 6.45) is 3.29. The first kappa shape index (κ1) is 11.3. The zero-order valence-corrected chi connectivity index (χ0v) is 11.2. The number of anilines is 1. The number of amides is 1. The molecule has 0 fully saturated rings. The highest BCUT2D eigenvalue weighted by molar-refractivity contribution is 9.10. The Hall–Kier alpha value is -1.14. The number of halogens is 2. The van der Waals surface area contributed by atoms with E-state index in [1.54, 1.807) is 30.6 Å². The van der Waals surface area contributed by atoms with Crippen LogP contribution in [0.5, 0.6) is 0 Å². The number of nitrogens with zero attached hydrogens (tertiary/aromatic N) is 1. The molecule has 0 saturated heterocycles. The third kappa shape index (κ3) is 2.70. The number of aromatic nitrogens is 2. The Kier molecular flexibility index (Phi) is 3.40. The fourth-order valence-corrected chi connectivity index (χ4v) is 1.73. The molecule has 4 nitrogen and oxygen atoms in total. The minimum Gasteiger partial charge on any atom is -0.356 e. The minimum atomic E-state index is -0.199. The van der Waals surface area contributed by atoms with Gasteiger partial charge in [0.1, 0.15) is 10.3 Å². The first-order valence-corrected chi connectivity index (χ1v) is 6.00. The van der Waals surface area contributed by atoms with Crippen LogP contribution < -0.4 is 5.32 Å². The van der Waals surface area contributed by atoms with Gasteiger partial charge in [0, 0.05) is 10.7 Å². The van der Waals surface area contributed by atoms with Gasteiger partial charge in [-0.25, -0.2) is 4.98 Å². The van der Waals surface area contributed by atoms with E-state index in [4.69, 9.17) is 0 Å². The number of carbonyl (C=O) groups excluding carboxylic acids is 1. The topological polar surface area (TPSA) is 57.8 Å². The molecule has 2 rings (SSSR count). The molecule has 0 aliphatic rings. The van der Waals surface area contributed by atoms with Crippen LogP contribution in [0.3, 0.4) is 0 Å². The Balaban J connectivity index is 2.10. The quantitative estimate of drug-likeness (QED) is 0.822. The van der Waals surface area contributed by atoms with Crippen LogP contribution in [0.4, 0.5) is 5.69 Å². The summed E-state index contributed by atoms with van der Waals surface area (Å²) in [5.74, 6) is -0.199. The molecule has 82 valence electrons. The van der Waals surface area contributed by atoms with Crippen LogP contribution in [0.1, 0.15) is 10.5 Å². The molecule has 0 radical (unpaired) electrons. The molecule has 0 saturated carbocycles. The highest BCUT2D eigenvalue weighted by atomic mass is 79.9. The number of aromatic amines is 1. The van der Waals surface area contributed by atoms with Crippen LogP contribution in [-0.2, 0) is 0 Å². The number of hydrogen-bond acceptors (Lipinski definition) is 2. The lowest BCUT2D eigenvalue weighted by Gasteiger charge is -2.02. The molecule has 2 N–H and O–H groups in total. The van der Waals surface area contributed by atoms with Gasteiger partial charge in [0.05, 0.1) is 11.9 Å². The SMILES string of the molecule is O=C(Nc1ccc(Br)nc1)c1cc(Br)c[nH]1. The number of carbonyl (C=O) groups is 1. The third-order valence-corrected chi connectivity index (χ3v) is 2.80. The molecule has 0 atom stereocenters. The Morgan fingerprint density at radius 2 is 2.19 bits per heavy atom. The van der Waals surface area contributed by atoms with Crippen LogP contribution >= 0.6 is 31.9 Å². The second-order valence-electron chi connectivity index (χ2n) is 3.06. The van der Waals surface area contributed by atoms with E-state index in [1.165, 1.54) is 0 Å². The van der Waals surface area contributed by atoms with Gasteiger partial charge < -0.3 is 10.3 Å². The summed E-state index contributed by atoms with van der Waals surface area (Å²) < 4.78 is 1.57. The van der Waals surface area contributed by atoms with Gasteiger partial charge >= 0.3 is 0 Å². The van der Waals surface area contributed by atoms with Crippen molar-refractivity contribution >= 4 is 43.5 Å². The van der Waals surface area contributed by atoms with Crippen LogP contribution in [0.2, 0.25) is 0 Å². The second kappa shape index (κ2) is 4.80. The number of rotatable bonds is 2. The maximum absolute atomic E-state index is 11.7. The molecule has 0 aromatic carbocycles. The zero-order chi connectivity index (χ0) is 11.5. The van der Waals surface area contributed by atoms with E-state index in [2.05, 4.69) is 47.1 Å². The van der Waals surface area contributed by atoms with Gasteiger partial charge in [0.2, 0.25) is 0 Å². The van der Waals surface area contributed by atoms with Crippen LogP contribution in [-0.4, -0.2) is 15.9 Å². The van der Waals surface area contributed by atoms with Crippen molar-refractivity contribution in [3.05, 3.63) is 45.4 Å². The predicted molar refractivity (Wildman–Crippen MR) is 68.4 cm³/mol. The molecule has 6 heteroatoms. The van der Waals surface area contributed by atoms with Crippen molar-refractivity contribution in [1.29, 1.82) is 0 Å². The van der Waals surface area contributed by atoms with Crippen LogP contribution in [0, 0.1) is 0 Å². The second-order valence-corrected chi connectivity index (χ2v) is 4.78. The van der Waals surface area contributed by atoms with Gasteiger partial charge in [0.15, 0.2) is 0 Å². The minimum absolute atomic E-state index is 0.199. The van der Waals surface area contributed by atoms with Crippen molar-refractivity contribution in [2.24, 2.45) is 0 Å². The summed E-state index contributed by atoms with van der Waals surface area (Å²) in [5, 5.41) is 2.72. The molecule has 2 aromatic rings. The van der Waals surface area contributed by atoms with Crippen molar-refractivity contribution in [3.8, 4) is 0 Å². The number of H-pyrrole nitrogens is 1. The fraction of sp³-hybridized carbons (Fsp3) is 0. The average molecular weight is 345 g/mol. The maximum Gasteiger partial charge on any atom is 0.272 e. The van der Waals surface area contributed by atoms with E-state index in [-0.39, 0.29) is 5.91 Å². The molecular formula is C10H7Br2N3O. The standard InChI is InChI=1S/C10H7Br2N3O/c11-6-3-8(13-4-6)10(16)15-7-1-2-9(12)14-5-7/h1-5,13H,(H,15,16). The maximum atomic E-state index is 11.7. The summed E-state index contributed by atoms with van der Waals surface area (Å²) in [6, 6.07) is 5.24. The summed E-state index contributed by atoms with van der Waals surface area (Å²) in [6.45, 7) is 0. The molecule has 16 heavy (non-hydrogen) atoms. The Morgan fingerprint density at radius 1 is 1.38 bits per heavy atom. The molecule has 0 aliphatic heterocycles. The number of nitrogens with one attached hydrogen (secondary N) is 2. The Bertz CT molecular complexity index is 507. The molecule has 2 aromatic heterocycles. The van der Waals surface area contributed by atoms with E-state index in [9.17, 15) is 4.79 Å². The fourth-order valence-electron chi connectivity index (χ4n) is 1.15. The monoisotopic (exact) mass is 343 g/mol. The lowest BCUT2D eigenvalue weighted by atomic mass is 10.3. The van der Waals surface area contributed by atoms with Crippen molar-refractivity contribution in [1.82, 2.24) is 9.97 Å². The van der Waals surface area contributed by atoms with Gasteiger partial charge in [-0.05, 0) is 50.1 Å². The van der Waals surface area contributed by atoms with E-state index < -0.39 is 0 Å².